The number of aliphatic hydroxyl groups excluding tert-OH is 1. The summed E-state index contributed by atoms with van der Waals surface area (Å²) in [5, 5.41) is 167. The number of aromatic hydroxyl groups is 11. The molecule has 8 aliphatic heterocycles. The fraction of sp³-hybridized carbons (Fsp3) is 0.340. The maximum absolute atomic E-state index is 16.2. The highest BCUT2D eigenvalue weighted by molar-refractivity contribution is 6.09. The van der Waals surface area contributed by atoms with Crippen molar-refractivity contribution in [3.05, 3.63) is 58.1 Å². The number of Topliss-reactive ketones (excluding diaryl/α,β-unsaturated/α-hetero) is 1. The van der Waals surface area contributed by atoms with Crippen molar-refractivity contribution < 1.29 is 158 Å². The number of aliphatic hydroxyl groups is 4. The van der Waals surface area contributed by atoms with Gasteiger partial charge in [0.2, 0.25) is 35.2 Å². The van der Waals surface area contributed by atoms with Gasteiger partial charge >= 0.3 is 35.8 Å². The van der Waals surface area contributed by atoms with Gasteiger partial charge in [-0.25, -0.2) is 24.0 Å². The van der Waals surface area contributed by atoms with Crippen molar-refractivity contribution in [2.75, 3.05) is 13.2 Å². The maximum atomic E-state index is 16.2. The van der Waals surface area contributed by atoms with Crippen molar-refractivity contribution in [3.8, 4) is 80.1 Å². The van der Waals surface area contributed by atoms with E-state index in [-0.39, 0.29) is 0 Å². The lowest BCUT2D eigenvalue weighted by Gasteiger charge is -2.64. The second-order valence-corrected chi connectivity index (χ2v) is 19.3. The van der Waals surface area contributed by atoms with Gasteiger partial charge < -0.3 is 124 Å². The number of carbonyl (C=O) groups excluding carboxylic acids is 7. The fourth-order valence-electron chi connectivity index (χ4n) is 11.8. The molecule has 13 rings (SSSR count). The van der Waals surface area contributed by atoms with Crippen molar-refractivity contribution in [3.63, 3.8) is 0 Å². The molecule has 0 aromatic heterocycles. The molecule has 9 aliphatic rings. The molecule has 32 heteroatoms. The summed E-state index contributed by atoms with van der Waals surface area (Å²) in [7, 11) is 0. The summed E-state index contributed by atoms with van der Waals surface area (Å²) in [6.07, 6.45) is -19.7. The summed E-state index contributed by atoms with van der Waals surface area (Å²) in [5.41, 5.74) is -18.6. The largest absolute Gasteiger partial charge is 0.504 e. The van der Waals surface area contributed by atoms with Gasteiger partial charge in [-0.3, -0.25) is 9.59 Å². The van der Waals surface area contributed by atoms with Gasteiger partial charge in [-0.15, -0.1) is 0 Å². The molecule has 4 aromatic carbocycles. The Morgan fingerprint density at radius 3 is 1.80 bits per heavy atom. The molecule has 4 aromatic rings. The molecule has 414 valence electrons. The number of ketones is 1. The Balaban J connectivity index is 1.13. The highest BCUT2D eigenvalue weighted by Gasteiger charge is 2.96. The Bertz CT molecular complexity index is 3530. The number of phenols is 11. The molecule has 6 fully saturated rings. The van der Waals surface area contributed by atoms with Crippen molar-refractivity contribution in [2.45, 2.75) is 78.2 Å². The molecule has 1 saturated carbocycles. The van der Waals surface area contributed by atoms with Crippen LogP contribution >= 0.6 is 0 Å². The third-order valence-electron chi connectivity index (χ3n) is 15.3. The predicted molar refractivity (Wildman–Crippen MR) is 232 cm³/mol. The monoisotopic (exact) mass is 1110 g/mol. The molecule has 8 heterocycles. The van der Waals surface area contributed by atoms with E-state index in [4.69, 9.17) is 47.4 Å². The third-order valence-corrected chi connectivity index (χ3v) is 15.3. The van der Waals surface area contributed by atoms with E-state index in [0.717, 1.165) is 0 Å². The van der Waals surface area contributed by atoms with Crippen LogP contribution in [0.25, 0.3) is 11.1 Å². The smallest absolute Gasteiger partial charge is 0.343 e. The average Bonchev–Trinajstić information content (AvgIpc) is 1.67. The average molecular weight is 1110 g/mol. The number of cyclic esters (lactones) is 1. The molecular formula is C47H34O32. The zero-order valence-electron chi connectivity index (χ0n) is 38.8. The Morgan fingerprint density at radius 2 is 1.16 bits per heavy atom. The maximum Gasteiger partial charge on any atom is 0.343 e. The van der Waals surface area contributed by atoms with E-state index in [1.165, 1.54) is 0 Å². The first kappa shape index (κ1) is 50.5. The zero-order valence-corrected chi connectivity index (χ0v) is 38.8. The fourth-order valence-corrected chi connectivity index (χ4v) is 11.8. The summed E-state index contributed by atoms with van der Waals surface area (Å²) < 4.78 is 56.8. The SMILES string of the molecule is O=C(OC1O[C@@H]2COC(=O)c3cc(O)c(O)c(O)c3-c3c(cc(O)c(O)c3O)C(=O)OC3C2OC(=O)C24CC(=O)[C@@](O)(O[C@]25C(=O)OC2[C@@H](O)OC[C@@]25O)[C@]2(O)Oc5c(O)c(O)cc(c5C42)C(=O)O[C@@H]13)c1cc(O)c(O)c(O)c1. The van der Waals surface area contributed by atoms with Crippen molar-refractivity contribution in [2.24, 2.45) is 5.41 Å². The topological polar surface area (TPSA) is 515 Å². The van der Waals surface area contributed by atoms with Crippen LogP contribution < -0.4 is 4.74 Å². The molecular weight excluding hydrogens is 1080 g/mol. The van der Waals surface area contributed by atoms with Gasteiger partial charge in [-0.05, 0) is 30.3 Å². The summed E-state index contributed by atoms with van der Waals surface area (Å²) in [6, 6.07) is 2.12. The first-order valence-electron chi connectivity index (χ1n) is 22.7. The van der Waals surface area contributed by atoms with Crippen LogP contribution in [0.5, 0.6) is 69.0 Å². The summed E-state index contributed by atoms with van der Waals surface area (Å²) >= 11 is 0. The van der Waals surface area contributed by atoms with Gasteiger partial charge in [0, 0.05) is 23.1 Å². The number of esters is 6. The van der Waals surface area contributed by atoms with Crippen LogP contribution in [0.3, 0.4) is 0 Å². The predicted octanol–water partition coefficient (Wildman–Crippen LogP) is -2.87. The van der Waals surface area contributed by atoms with E-state index in [2.05, 4.69) is 0 Å². The number of ether oxygens (including phenoxy) is 10. The van der Waals surface area contributed by atoms with Gasteiger partial charge in [-0.2, -0.15) is 0 Å². The Hall–Kier alpha value is -9.31. The first-order chi connectivity index (χ1) is 37.1. The van der Waals surface area contributed by atoms with Gasteiger partial charge in [0.1, 0.15) is 18.1 Å². The molecule has 6 bridgehead atoms. The lowest BCUT2D eigenvalue weighted by molar-refractivity contribution is -0.442. The van der Waals surface area contributed by atoms with E-state index in [1.54, 1.807) is 0 Å². The van der Waals surface area contributed by atoms with E-state index in [9.17, 15) is 95.8 Å². The van der Waals surface area contributed by atoms with Crippen molar-refractivity contribution in [1.29, 1.82) is 0 Å². The third kappa shape index (κ3) is 6.05. The Labute approximate surface area is 433 Å². The normalized spacial score (nSPS) is 34.6. The minimum absolute atomic E-state index is 0.313. The number of rotatable bonds is 2. The van der Waals surface area contributed by atoms with E-state index < -0.39 is 246 Å². The first-order valence-corrected chi connectivity index (χ1v) is 22.7. The summed E-state index contributed by atoms with van der Waals surface area (Å²) in [5.74, 6) is -40.1. The van der Waals surface area contributed by atoms with Crippen molar-refractivity contribution >= 4 is 41.6 Å². The van der Waals surface area contributed by atoms with E-state index >= 15 is 14.4 Å². The van der Waals surface area contributed by atoms with E-state index in [1.807, 2.05) is 0 Å². The molecule has 1 aliphatic carbocycles. The molecule has 32 nitrogen and oxygen atoms in total. The minimum Gasteiger partial charge on any atom is -0.504 e. The van der Waals surface area contributed by atoms with Gasteiger partial charge in [0.25, 0.3) is 11.6 Å². The summed E-state index contributed by atoms with van der Waals surface area (Å²) in [4.78, 5) is 104. The zero-order chi connectivity index (χ0) is 56.9. The molecule has 13 atom stereocenters. The molecule has 0 radical (unpaired) electrons. The van der Waals surface area contributed by atoms with Gasteiger partial charge in [0.15, 0.2) is 87.7 Å². The second-order valence-electron chi connectivity index (χ2n) is 19.3. The number of hydrogen-bond donors (Lipinski definition) is 15. The Kier molecular flexibility index (Phi) is 10.2. The number of fused-ring (bicyclic) bond motifs is 5. The molecule has 79 heavy (non-hydrogen) atoms. The van der Waals surface area contributed by atoms with Crippen LogP contribution in [0.2, 0.25) is 0 Å². The highest BCUT2D eigenvalue weighted by Crippen LogP contribution is 2.75. The Morgan fingerprint density at radius 1 is 0.608 bits per heavy atom. The minimum atomic E-state index is -4.02. The number of hydrogen-bond acceptors (Lipinski definition) is 32. The summed E-state index contributed by atoms with van der Waals surface area (Å²) in [6.45, 7) is -2.76. The second kappa shape index (κ2) is 15.9. The lowest BCUT2D eigenvalue weighted by atomic mass is 9.46. The van der Waals surface area contributed by atoms with Gasteiger partial charge in [-0.1, -0.05) is 0 Å². The molecule has 0 amide bonds. The van der Waals surface area contributed by atoms with Crippen LogP contribution in [0.1, 0.15) is 59.3 Å². The highest BCUT2D eigenvalue weighted by atomic mass is 16.8. The lowest BCUT2D eigenvalue weighted by Crippen LogP contribution is -2.89. The quantitative estimate of drug-likeness (QED) is 0.0545. The van der Waals surface area contributed by atoms with Crippen LogP contribution in [-0.2, 0) is 57.0 Å². The number of benzene rings is 4. The molecule has 2 spiro atoms. The van der Waals surface area contributed by atoms with Crippen LogP contribution in [0.15, 0.2) is 30.3 Å². The van der Waals surface area contributed by atoms with Crippen LogP contribution in [0.4, 0.5) is 0 Å². The molecule has 5 saturated heterocycles. The molecule has 6 unspecified atom stereocenters. The van der Waals surface area contributed by atoms with E-state index in [0.29, 0.717) is 30.3 Å². The number of phenolic OH excluding ortho intramolecular Hbond substituents is 11. The van der Waals surface area contributed by atoms with Gasteiger partial charge in [0.05, 0.1) is 34.8 Å². The number of carbonyl (C=O) groups is 7. The standard InChI is InChI=1S/C47H34O32/c48-13-1-9(2-14(49)23(13)54)35(60)77-40-32-31-29(18(72-40)7-70-36(61)10-3-15(50)24(55)27(58)20(10)21-11(37(62)73-31)4-16(51)25(56)28(21)59)75-41(65)43-6-19(53)46(68,79-45(43)42(66)76-34-39(64)71-8-44(34,45)67)47(69)33(43)22-12(38(63)74-32)5-17(52)26(57)30(22)78-47/h1-5,18,29,31-34,39-40,48-52,54-59,64,67-69H,6-8H2/t18-,29?,31?,32-,33?,34?,39+,40?,43?,44-,45-,46-,47-/m1/s1. The van der Waals surface area contributed by atoms with Crippen LogP contribution in [0, 0.1) is 5.41 Å². The van der Waals surface area contributed by atoms with Crippen molar-refractivity contribution in [1.82, 2.24) is 0 Å². The molecule has 15 N–H and O–H groups in total. The van der Waals surface area contributed by atoms with Crippen LogP contribution in [-0.4, -0.2) is 197 Å².